The second kappa shape index (κ2) is 3.17. The maximum absolute atomic E-state index is 11.0. The van der Waals surface area contributed by atoms with Crippen LogP contribution >= 0.6 is 15.9 Å². The molecule has 1 rings (SSSR count). The van der Waals surface area contributed by atoms with E-state index in [4.69, 9.17) is 0 Å². The molecule has 0 N–H and O–H groups in total. The summed E-state index contributed by atoms with van der Waals surface area (Å²) in [6, 6.07) is 0.160. The van der Waals surface area contributed by atoms with E-state index in [1.165, 1.54) is 6.20 Å². The Balaban J connectivity index is 3.24. The molecule has 1 aromatic rings. The molecule has 0 aromatic carbocycles. The smallest absolute Gasteiger partial charge is 0.296 e. The van der Waals surface area contributed by atoms with Crippen LogP contribution in [0.4, 0.5) is 0 Å². The molecule has 4 heteroatoms. The quantitative estimate of drug-likeness (QED) is 0.715. The van der Waals surface area contributed by atoms with Crippen LogP contribution in [0.3, 0.4) is 0 Å². The number of rotatable bonds is 1. The molecule has 0 aliphatic carbocycles. The molecule has 0 radical (unpaired) electrons. The van der Waals surface area contributed by atoms with Gasteiger partial charge in [0.2, 0.25) is 0 Å². The van der Waals surface area contributed by atoms with Crippen LogP contribution in [0.2, 0.25) is 0 Å². The normalized spacial score (nSPS) is 10.5. The molecule has 1 aromatic heterocycles. The third-order valence-corrected chi connectivity index (χ3v) is 1.75. The van der Waals surface area contributed by atoms with Gasteiger partial charge in [-0.1, -0.05) is 0 Å². The molecular formula is C7H9BrN2O. The molecule has 0 saturated heterocycles. The zero-order valence-electron chi connectivity index (χ0n) is 6.41. The van der Waals surface area contributed by atoms with E-state index in [-0.39, 0.29) is 11.7 Å². The van der Waals surface area contributed by atoms with Crippen molar-refractivity contribution in [3.63, 3.8) is 0 Å². The Kier molecular flexibility index (Phi) is 2.44. The summed E-state index contributed by atoms with van der Waals surface area (Å²) in [6.45, 7) is 3.88. The Labute approximate surface area is 73.2 Å². The highest BCUT2D eigenvalue weighted by Crippen LogP contribution is 2.06. The fraction of sp³-hybridized carbons (Fsp3) is 0.429. The predicted octanol–water partition coefficient (Wildman–Crippen LogP) is 1.59. The Morgan fingerprint density at radius 3 is 2.73 bits per heavy atom. The fourth-order valence-corrected chi connectivity index (χ4v) is 1.10. The average molecular weight is 217 g/mol. The summed E-state index contributed by atoms with van der Waals surface area (Å²) in [5.41, 5.74) is -0.205. The summed E-state index contributed by atoms with van der Waals surface area (Å²) in [4.78, 5) is 14.7. The zero-order chi connectivity index (χ0) is 8.43. The molecular weight excluding hydrogens is 208 g/mol. The van der Waals surface area contributed by atoms with Crippen LogP contribution in [0.5, 0.6) is 0 Å². The van der Waals surface area contributed by atoms with Crippen LogP contribution in [0.25, 0.3) is 0 Å². The first-order valence-electron chi connectivity index (χ1n) is 3.35. The van der Waals surface area contributed by atoms with Gasteiger partial charge in [0.1, 0.15) is 0 Å². The van der Waals surface area contributed by atoms with Crippen molar-refractivity contribution in [2.75, 3.05) is 0 Å². The van der Waals surface area contributed by atoms with Crippen molar-refractivity contribution in [1.29, 1.82) is 0 Å². The van der Waals surface area contributed by atoms with Crippen molar-refractivity contribution >= 4 is 15.9 Å². The second-order valence-corrected chi connectivity index (χ2v) is 3.47. The number of hydrogen-bond donors (Lipinski definition) is 0. The van der Waals surface area contributed by atoms with Crippen LogP contribution < -0.4 is 5.69 Å². The number of hydrogen-bond acceptors (Lipinski definition) is 2. The lowest BCUT2D eigenvalue weighted by Crippen LogP contribution is -2.23. The molecule has 60 valence electrons. The maximum Gasteiger partial charge on any atom is 0.347 e. The lowest BCUT2D eigenvalue weighted by Gasteiger charge is -2.07. The summed E-state index contributed by atoms with van der Waals surface area (Å²) in [7, 11) is 0. The Morgan fingerprint density at radius 1 is 1.64 bits per heavy atom. The number of halogens is 1. The van der Waals surface area contributed by atoms with E-state index in [1.54, 1.807) is 10.8 Å². The highest BCUT2D eigenvalue weighted by molar-refractivity contribution is 9.10. The van der Waals surface area contributed by atoms with Crippen molar-refractivity contribution in [3.05, 3.63) is 27.4 Å². The van der Waals surface area contributed by atoms with Gasteiger partial charge in [-0.2, -0.15) is 0 Å². The fourth-order valence-electron chi connectivity index (χ4n) is 0.775. The summed E-state index contributed by atoms with van der Waals surface area (Å²) in [5, 5.41) is 0. The standard InChI is InChI=1S/C7H9BrN2O/c1-5(2)10-4-6(8)3-9-7(10)11/h3-5H,1-2H3. The van der Waals surface area contributed by atoms with Gasteiger partial charge >= 0.3 is 5.69 Å². The Morgan fingerprint density at radius 2 is 2.27 bits per heavy atom. The van der Waals surface area contributed by atoms with Gasteiger partial charge in [-0.25, -0.2) is 9.78 Å². The van der Waals surface area contributed by atoms with Gasteiger partial charge in [-0.3, -0.25) is 4.57 Å². The van der Waals surface area contributed by atoms with Crippen molar-refractivity contribution in [3.8, 4) is 0 Å². The monoisotopic (exact) mass is 216 g/mol. The molecule has 11 heavy (non-hydrogen) atoms. The third-order valence-electron chi connectivity index (χ3n) is 1.34. The van der Waals surface area contributed by atoms with Gasteiger partial charge in [0.05, 0.1) is 4.47 Å². The minimum Gasteiger partial charge on any atom is -0.296 e. The summed E-state index contributed by atoms with van der Waals surface area (Å²) in [5.74, 6) is 0. The number of aromatic nitrogens is 2. The van der Waals surface area contributed by atoms with Crippen molar-refractivity contribution in [1.82, 2.24) is 9.55 Å². The van der Waals surface area contributed by atoms with Gasteiger partial charge in [0.25, 0.3) is 0 Å². The first kappa shape index (κ1) is 8.46. The molecule has 3 nitrogen and oxygen atoms in total. The van der Waals surface area contributed by atoms with Gasteiger partial charge in [0.15, 0.2) is 0 Å². The first-order valence-corrected chi connectivity index (χ1v) is 4.14. The van der Waals surface area contributed by atoms with Crippen molar-refractivity contribution in [2.24, 2.45) is 0 Å². The molecule has 0 atom stereocenters. The summed E-state index contributed by atoms with van der Waals surface area (Å²) < 4.78 is 2.40. The summed E-state index contributed by atoms with van der Waals surface area (Å²) >= 11 is 3.24. The summed E-state index contributed by atoms with van der Waals surface area (Å²) in [6.07, 6.45) is 3.24. The SMILES string of the molecule is CC(C)n1cc(Br)cnc1=O. The second-order valence-electron chi connectivity index (χ2n) is 2.56. The van der Waals surface area contributed by atoms with Crippen molar-refractivity contribution in [2.45, 2.75) is 19.9 Å². The van der Waals surface area contributed by atoms with Crippen LogP contribution in [-0.4, -0.2) is 9.55 Å². The van der Waals surface area contributed by atoms with E-state index >= 15 is 0 Å². The van der Waals surface area contributed by atoms with E-state index in [1.807, 2.05) is 13.8 Å². The zero-order valence-corrected chi connectivity index (χ0v) is 8.00. The number of nitrogens with zero attached hydrogens (tertiary/aromatic N) is 2. The molecule has 1 heterocycles. The molecule has 0 bridgehead atoms. The minimum absolute atomic E-state index is 0.160. The maximum atomic E-state index is 11.0. The van der Waals surface area contributed by atoms with E-state index in [2.05, 4.69) is 20.9 Å². The van der Waals surface area contributed by atoms with Crippen LogP contribution in [0, 0.1) is 0 Å². The molecule has 0 spiro atoms. The van der Waals surface area contributed by atoms with Crippen LogP contribution in [0.15, 0.2) is 21.7 Å². The predicted molar refractivity (Wildman–Crippen MR) is 46.6 cm³/mol. The lowest BCUT2D eigenvalue weighted by atomic mass is 10.4. The molecule has 0 fully saturated rings. The van der Waals surface area contributed by atoms with Gasteiger partial charge in [-0.05, 0) is 29.8 Å². The van der Waals surface area contributed by atoms with E-state index in [0.29, 0.717) is 0 Å². The van der Waals surface area contributed by atoms with Crippen molar-refractivity contribution < 1.29 is 0 Å². The highest BCUT2D eigenvalue weighted by Gasteiger charge is 2.00. The van der Waals surface area contributed by atoms with Gasteiger partial charge in [-0.15, -0.1) is 0 Å². The molecule has 0 amide bonds. The largest absolute Gasteiger partial charge is 0.347 e. The first-order chi connectivity index (χ1) is 5.11. The van der Waals surface area contributed by atoms with E-state index < -0.39 is 0 Å². The van der Waals surface area contributed by atoms with E-state index in [0.717, 1.165) is 4.47 Å². The van der Waals surface area contributed by atoms with E-state index in [9.17, 15) is 4.79 Å². The van der Waals surface area contributed by atoms with Gasteiger partial charge < -0.3 is 0 Å². The lowest BCUT2D eigenvalue weighted by molar-refractivity contribution is 0.561. The molecule has 0 saturated carbocycles. The molecule has 0 aliphatic rings. The van der Waals surface area contributed by atoms with Gasteiger partial charge in [0, 0.05) is 18.4 Å². The van der Waals surface area contributed by atoms with Crippen LogP contribution in [-0.2, 0) is 0 Å². The minimum atomic E-state index is -0.205. The topological polar surface area (TPSA) is 34.9 Å². The Bertz CT molecular complexity index is 306. The third kappa shape index (κ3) is 1.89. The molecule has 0 aliphatic heterocycles. The Hall–Kier alpha value is -0.640. The van der Waals surface area contributed by atoms with Crippen LogP contribution in [0.1, 0.15) is 19.9 Å². The molecule has 0 unspecified atom stereocenters. The average Bonchev–Trinajstić information content (AvgIpc) is 1.94. The highest BCUT2D eigenvalue weighted by atomic mass is 79.9.